The standard InChI is InChI=1S/C22H37NO7/c1-7-22(5,6)23-14-10-13(12-28-21(2,3)4)8-9-15(14)29-20-19(27)18(26)17(25)16(11-24)30-20/h8-10,16-20,23-27H,7,11-12H2,1-6H3. The third-order valence-electron chi connectivity index (χ3n) is 5.16. The van der Waals surface area contributed by atoms with Crippen molar-refractivity contribution in [2.45, 2.75) is 96.4 Å². The highest BCUT2D eigenvalue weighted by atomic mass is 16.7. The molecule has 1 aromatic carbocycles. The summed E-state index contributed by atoms with van der Waals surface area (Å²) in [6.07, 6.45) is -5.82. The van der Waals surface area contributed by atoms with Gasteiger partial charge in [0.25, 0.3) is 0 Å². The summed E-state index contributed by atoms with van der Waals surface area (Å²) in [5.74, 6) is 0.417. The fourth-order valence-electron chi connectivity index (χ4n) is 2.91. The molecule has 0 saturated carbocycles. The zero-order chi connectivity index (χ0) is 22.7. The van der Waals surface area contributed by atoms with Gasteiger partial charge in [0, 0.05) is 5.54 Å². The summed E-state index contributed by atoms with van der Waals surface area (Å²) in [4.78, 5) is 0. The van der Waals surface area contributed by atoms with Crippen LogP contribution in [0.4, 0.5) is 5.69 Å². The molecule has 1 fully saturated rings. The SMILES string of the molecule is CCC(C)(C)Nc1cc(COC(C)(C)C)ccc1OC1OC(CO)C(O)C(O)C1O. The monoisotopic (exact) mass is 427 g/mol. The lowest BCUT2D eigenvalue weighted by molar-refractivity contribution is -0.277. The van der Waals surface area contributed by atoms with Crippen LogP contribution in [0.2, 0.25) is 0 Å². The Kier molecular flexibility index (Phi) is 8.12. The fourth-order valence-corrected chi connectivity index (χ4v) is 2.91. The minimum atomic E-state index is -1.50. The molecule has 1 aromatic rings. The van der Waals surface area contributed by atoms with Gasteiger partial charge in [-0.05, 0) is 58.7 Å². The minimum Gasteiger partial charge on any atom is -0.460 e. The molecule has 172 valence electrons. The zero-order valence-corrected chi connectivity index (χ0v) is 18.8. The van der Waals surface area contributed by atoms with Crippen LogP contribution in [0.15, 0.2) is 18.2 Å². The predicted octanol–water partition coefficient (Wildman–Crippen LogP) is 1.78. The van der Waals surface area contributed by atoms with E-state index in [-0.39, 0.29) is 11.1 Å². The second-order valence-corrected chi connectivity index (χ2v) is 9.41. The maximum absolute atomic E-state index is 10.3. The van der Waals surface area contributed by atoms with E-state index in [0.29, 0.717) is 18.0 Å². The van der Waals surface area contributed by atoms with Gasteiger partial charge in [0.1, 0.15) is 30.2 Å². The molecule has 0 radical (unpaired) electrons. The Labute approximate surface area is 178 Å². The number of aliphatic hydroxyl groups excluding tert-OH is 4. The smallest absolute Gasteiger partial charge is 0.229 e. The van der Waals surface area contributed by atoms with Crippen LogP contribution >= 0.6 is 0 Å². The number of rotatable bonds is 8. The molecular weight excluding hydrogens is 390 g/mol. The fraction of sp³-hybridized carbons (Fsp3) is 0.727. The first-order valence-electron chi connectivity index (χ1n) is 10.4. The zero-order valence-electron chi connectivity index (χ0n) is 18.8. The van der Waals surface area contributed by atoms with Gasteiger partial charge in [-0.2, -0.15) is 0 Å². The Hall–Kier alpha value is -1.42. The summed E-state index contributed by atoms with van der Waals surface area (Å²) in [5, 5.41) is 43.1. The number of aliphatic hydroxyl groups is 4. The maximum Gasteiger partial charge on any atom is 0.229 e. The molecule has 1 aliphatic rings. The van der Waals surface area contributed by atoms with Gasteiger partial charge >= 0.3 is 0 Å². The molecule has 5 atom stereocenters. The first-order chi connectivity index (χ1) is 13.9. The number of hydrogen-bond donors (Lipinski definition) is 5. The van der Waals surface area contributed by atoms with E-state index in [2.05, 4.69) is 26.1 Å². The van der Waals surface area contributed by atoms with Crippen LogP contribution in [0.5, 0.6) is 5.75 Å². The van der Waals surface area contributed by atoms with Crippen molar-refractivity contribution >= 4 is 5.69 Å². The van der Waals surface area contributed by atoms with Crippen LogP contribution in [0.3, 0.4) is 0 Å². The van der Waals surface area contributed by atoms with Crippen molar-refractivity contribution in [2.24, 2.45) is 0 Å². The number of ether oxygens (including phenoxy) is 3. The minimum absolute atomic E-state index is 0.225. The Morgan fingerprint density at radius 2 is 1.70 bits per heavy atom. The van der Waals surface area contributed by atoms with E-state index in [1.165, 1.54) is 0 Å². The molecule has 5 N–H and O–H groups in total. The first kappa shape index (κ1) is 24.8. The van der Waals surface area contributed by atoms with Crippen molar-refractivity contribution in [3.8, 4) is 5.75 Å². The van der Waals surface area contributed by atoms with Gasteiger partial charge in [-0.1, -0.05) is 13.0 Å². The lowest BCUT2D eigenvalue weighted by Gasteiger charge is -2.40. The molecule has 0 amide bonds. The largest absolute Gasteiger partial charge is 0.460 e. The van der Waals surface area contributed by atoms with Gasteiger partial charge in [-0.25, -0.2) is 0 Å². The summed E-state index contributed by atoms with van der Waals surface area (Å²) in [5.41, 5.74) is 1.13. The molecule has 0 aromatic heterocycles. The van der Waals surface area contributed by atoms with Crippen LogP contribution in [0.25, 0.3) is 0 Å². The Balaban J connectivity index is 2.28. The Morgan fingerprint density at radius 3 is 2.27 bits per heavy atom. The molecule has 0 aliphatic carbocycles. The van der Waals surface area contributed by atoms with E-state index in [1.54, 1.807) is 6.07 Å². The summed E-state index contributed by atoms with van der Waals surface area (Å²) in [6, 6.07) is 5.52. The lowest BCUT2D eigenvalue weighted by Crippen LogP contribution is -2.60. The topological polar surface area (TPSA) is 121 Å². The lowest BCUT2D eigenvalue weighted by atomic mass is 9.99. The van der Waals surface area contributed by atoms with Gasteiger partial charge < -0.3 is 40.0 Å². The van der Waals surface area contributed by atoms with Crippen LogP contribution in [0.1, 0.15) is 53.5 Å². The van der Waals surface area contributed by atoms with Crippen molar-refractivity contribution in [2.75, 3.05) is 11.9 Å². The first-order valence-corrected chi connectivity index (χ1v) is 10.4. The quantitative estimate of drug-likeness (QED) is 0.426. The van der Waals surface area contributed by atoms with Gasteiger partial charge in [0.15, 0.2) is 0 Å². The highest BCUT2D eigenvalue weighted by Crippen LogP contribution is 2.33. The second-order valence-electron chi connectivity index (χ2n) is 9.41. The summed E-state index contributed by atoms with van der Waals surface area (Å²) >= 11 is 0. The number of nitrogens with one attached hydrogen (secondary N) is 1. The number of hydrogen-bond acceptors (Lipinski definition) is 8. The number of anilines is 1. The van der Waals surface area contributed by atoms with Crippen molar-refractivity contribution in [3.63, 3.8) is 0 Å². The number of benzene rings is 1. The van der Waals surface area contributed by atoms with Crippen LogP contribution in [0, 0.1) is 0 Å². The molecule has 2 rings (SSSR count). The molecule has 0 spiro atoms. The van der Waals surface area contributed by atoms with Crippen molar-refractivity contribution in [1.29, 1.82) is 0 Å². The van der Waals surface area contributed by atoms with E-state index >= 15 is 0 Å². The molecule has 8 nitrogen and oxygen atoms in total. The van der Waals surface area contributed by atoms with E-state index in [0.717, 1.165) is 12.0 Å². The average Bonchev–Trinajstić information content (AvgIpc) is 2.67. The van der Waals surface area contributed by atoms with Crippen molar-refractivity contribution in [3.05, 3.63) is 23.8 Å². The Bertz CT molecular complexity index is 687. The van der Waals surface area contributed by atoms with E-state index in [4.69, 9.17) is 14.2 Å². The van der Waals surface area contributed by atoms with Gasteiger partial charge in [0.2, 0.25) is 6.29 Å². The molecule has 1 heterocycles. The second kappa shape index (κ2) is 9.80. The van der Waals surface area contributed by atoms with Crippen LogP contribution in [-0.4, -0.2) is 68.9 Å². The summed E-state index contributed by atoms with van der Waals surface area (Å²) < 4.78 is 17.2. The molecule has 1 saturated heterocycles. The predicted molar refractivity (Wildman–Crippen MR) is 113 cm³/mol. The van der Waals surface area contributed by atoms with Crippen molar-refractivity contribution < 1.29 is 34.6 Å². The third-order valence-corrected chi connectivity index (χ3v) is 5.16. The highest BCUT2D eigenvalue weighted by molar-refractivity contribution is 5.59. The molecule has 30 heavy (non-hydrogen) atoms. The third kappa shape index (κ3) is 6.54. The normalized spacial score (nSPS) is 27.7. The van der Waals surface area contributed by atoms with Gasteiger partial charge in [0.05, 0.1) is 24.5 Å². The van der Waals surface area contributed by atoms with E-state index in [9.17, 15) is 20.4 Å². The molecule has 8 heteroatoms. The maximum atomic E-state index is 10.3. The highest BCUT2D eigenvalue weighted by Gasteiger charge is 2.45. The molecule has 1 aliphatic heterocycles. The molecule has 5 unspecified atom stereocenters. The van der Waals surface area contributed by atoms with E-state index < -0.39 is 37.3 Å². The van der Waals surface area contributed by atoms with Crippen LogP contribution < -0.4 is 10.1 Å². The molecular formula is C22H37NO7. The Morgan fingerprint density at radius 1 is 1.03 bits per heavy atom. The van der Waals surface area contributed by atoms with Gasteiger partial charge in [-0.3, -0.25) is 0 Å². The van der Waals surface area contributed by atoms with Crippen LogP contribution in [-0.2, 0) is 16.1 Å². The molecule has 0 bridgehead atoms. The summed E-state index contributed by atoms with van der Waals surface area (Å²) in [6.45, 7) is 12.1. The average molecular weight is 428 g/mol. The summed E-state index contributed by atoms with van der Waals surface area (Å²) in [7, 11) is 0. The van der Waals surface area contributed by atoms with E-state index in [1.807, 2.05) is 32.9 Å². The van der Waals surface area contributed by atoms with Gasteiger partial charge in [-0.15, -0.1) is 0 Å². The van der Waals surface area contributed by atoms with Crippen molar-refractivity contribution in [1.82, 2.24) is 0 Å².